The third-order valence-corrected chi connectivity index (χ3v) is 9.87. The fourth-order valence-electron chi connectivity index (χ4n) is 3.78. The Kier molecular flexibility index (Phi) is 4.97. The van der Waals surface area contributed by atoms with Gasteiger partial charge in [0.1, 0.15) is 11.8 Å². The second-order valence-electron chi connectivity index (χ2n) is 7.48. The van der Waals surface area contributed by atoms with Crippen molar-refractivity contribution >= 4 is 47.1 Å². The van der Waals surface area contributed by atoms with E-state index in [2.05, 4.69) is 9.97 Å². The zero-order valence-corrected chi connectivity index (χ0v) is 19.7. The number of anilines is 1. The molecule has 0 N–H and O–H groups in total. The van der Waals surface area contributed by atoms with Gasteiger partial charge in [-0.25, -0.2) is 26.8 Å². The van der Waals surface area contributed by atoms with Crippen molar-refractivity contribution in [2.75, 3.05) is 16.6 Å². The van der Waals surface area contributed by atoms with Gasteiger partial charge in [-0.05, 0) is 55.0 Å². The van der Waals surface area contributed by atoms with E-state index in [1.54, 1.807) is 36.4 Å². The number of aryl methyl sites for hydroxylation is 1. The van der Waals surface area contributed by atoms with Crippen LogP contribution in [0, 0.1) is 18.3 Å². The highest BCUT2D eigenvalue weighted by Gasteiger charge is 2.36. The maximum atomic E-state index is 13.6. The van der Waals surface area contributed by atoms with Crippen LogP contribution in [0.1, 0.15) is 10.7 Å². The third-order valence-electron chi connectivity index (χ3n) is 5.39. The van der Waals surface area contributed by atoms with Crippen LogP contribution in [0.2, 0.25) is 0 Å². The second-order valence-corrected chi connectivity index (χ2v) is 12.7. The minimum atomic E-state index is -4.03. The van der Waals surface area contributed by atoms with Crippen molar-refractivity contribution < 1.29 is 16.8 Å². The normalized spacial score (nSPS) is 15.2. The zero-order chi connectivity index (χ0) is 23.4. The number of nitriles is 1. The van der Waals surface area contributed by atoms with E-state index in [1.165, 1.54) is 29.7 Å². The predicted molar refractivity (Wildman–Crippen MR) is 125 cm³/mol. The van der Waals surface area contributed by atoms with E-state index < -0.39 is 19.9 Å². The summed E-state index contributed by atoms with van der Waals surface area (Å²) in [5.41, 5.74) is 2.30. The van der Waals surface area contributed by atoms with Gasteiger partial charge >= 0.3 is 0 Å². The number of benzene rings is 2. The minimum Gasteiger partial charge on any atom is -0.264 e. The number of hydrogen-bond acceptors (Lipinski definition) is 8. The smallest absolute Gasteiger partial charge is 0.264 e. The third kappa shape index (κ3) is 3.66. The van der Waals surface area contributed by atoms with E-state index in [4.69, 9.17) is 5.26 Å². The van der Waals surface area contributed by atoms with Crippen molar-refractivity contribution in [1.29, 1.82) is 5.26 Å². The first-order valence-electron chi connectivity index (χ1n) is 9.82. The number of fused-ring (bicyclic) bond motifs is 2. The number of nitrogens with zero attached hydrogens (tertiary/aromatic N) is 4. The number of rotatable bonds is 3. The number of pyridine rings is 1. The molecule has 0 aliphatic carbocycles. The Morgan fingerprint density at radius 2 is 1.88 bits per heavy atom. The minimum absolute atomic E-state index is 0.0302. The summed E-state index contributed by atoms with van der Waals surface area (Å²) in [6.45, 7) is 1.66. The summed E-state index contributed by atoms with van der Waals surface area (Å²) in [5, 5.41) is 9.79. The van der Waals surface area contributed by atoms with Crippen molar-refractivity contribution in [2.24, 2.45) is 0 Å². The Hall–Kier alpha value is -3.33. The number of sulfone groups is 1. The van der Waals surface area contributed by atoms with Crippen LogP contribution in [-0.2, 0) is 19.9 Å². The average Bonchev–Trinajstić information content (AvgIpc) is 3.18. The number of aromatic nitrogens is 2. The molecule has 8 nitrogen and oxygen atoms in total. The van der Waals surface area contributed by atoms with E-state index in [0.29, 0.717) is 16.6 Å². The van der Waals surface area contributed by atoms with Crippen molar-refractivity contribution in [3.05, 3.63) is 65.4 Å². The van der Waals surface area contributed by atoms with Gasteiger partial charge in [0, 0.05) is 18.3 Å². The van der Waals surface area contributed by atoms with Crippen LogP contribution >= 0.6 is 11.3 Å². The van der Waals surface area contributed by atoms with Crippen LogP contribution in [0.5, 0.6) is 0 Å². The summed E-state index contributed by atoms with van der Waals surface area (Å²) in [7, 11) is -7.66. The van der Waals surface area contributed by atoms with Crippen LogP contribution < -0.4 is 4.31 Å². The van der Waals surface area contributed by atoms with Crippen LogP contribution in [0.4, 0.5) is 5.69 Å². The highest BCUT2D eigenvalue weighted by atomic mass is 32.2. The molecule has 2 aromatic carbocycles. The van der Waals surface area contributed by atoms with E-state index in [0.717, 1.165) is 14.0 Å². The molecule has 0 atom stereocenters. The van der Waals surface area contributed by atoms with E-state index >= 15 is 0 Å². The van der Waals surface area contributed by atoms with Crippen molar-refractivity contribution in [3.8, 4) is 17.2 Å². The largest absolute Gasteiger partial charge is 0.264 e. The maximum absolute atomic E-state index is 13.6. The van der Waals surface area contributed by atoms with Crippen LogP contribution in [0.15, 0.2) is 64.5 Å². The Morgan fingerprint density at radius 3 is 2.61 bits per heavy atom. The Balaban J connectivity index is 1.65. The topological polar surface area (TPSA) is 121 Å². The number of sulfonamides is 1. The molecule has 0 radical (unpaired) electrons. The quantitative estimate of drug-likeness (QED) is 0.425. The van der Waals surface area contributed by atoms with Gasteiger partial charge in [-0.3, -0.25) is 4.31 Å². The molecule has 4 aromatic rings. The molecule has 0 fully saturated rings. The molecule has 33 heavy (non-hydrogen) atoms. The van der Waals surface area contributed by atoms with E-state index in [-0.39, 0.29) is 33.5 Å². The van der Waals surface area contributed by atoms with Gasteiger partial charge in [0.2, 0.25) is 0 Å². The molecule has 0 amide bonds. The molecule has 0 spiro atoms. The fourth-order valence-corrected chi connectivity index (χ4v) is 7.80. The van der Waals surface area contributed by atoms with Gasteiger partial charge in [0.15, 0.2) is 9.84 Å². The molecule has 1 aliphatic heterocycles. The molecule has 1 aliphatic rings. The lowest BCUT2D eigenvalue weighted by Gasteiger charge is -2.30. The molecule has 0 unspecified atom stereocenters. The second kappa shape index (κ2) is 7.62. The SMILES string of the molecule is Cc1nc2ccc(S(=O)(=O)N3CCS(=O)(=O)c4ccc(-c5ccc(C#N)nc5)cc43)cc2s1. The molecule has 0 saturated carbocycles. The van der Waals surface area contributed by atoms with E-state index in [1.807, 2.05) is 13.0 Å². The first-order valence-corrected chi connectivity index (χ1v) is 13.7. The Morgan fingerprint density at radius 1 is 1.09 bits per heavy atom. The molecular formula is C22H16N4O4S3. The van der Waals surface area contributed by atoms with Gasteiger partial charge in [0.05, 0.1) is 36.5 Å². The van der Waals surface area contributed by atoms with Crippen molar-refractivity contribution in [3.63, 3.8) is 0 Å². The molecule has 166 valence electrons. The first-order chi connectivity index (χ1) is 15.7. The maximum Gasteiger partial charge on any atom is 0.264 e. The monoisotopic (exact) mass is 496 g/mol. The summed E-state index contributed by atoms with van der Waals surface area (Å²) in [6, 6.07) is 14.5. The molecule has 0 bridgehead atoms. The highest BCUT2D eigenvalue weighted by Crippen LogP contribution is 2.38. The van der Waals surface area contributed by atoms with Crippen LogP contribution in [0.3, 0.4) is 0 Å². The lowest BCUT2D eigenvalue weighted by atomic mass is 10.1. The molecule has 0 saturated heterocycles. The molecule has 11 heteroatoms. The number of thiazole rings is 1. The fraction of sp³-hybridized carbons (Fsp3) is 0.136. The lowest BCUT2D eigenvalue weighted by Crippen LogP contribution is -2.39. The van der Waals surface area contributed by atoms with Gasteiger partial charge in [0.25, 0.3) is 10.0 Å². The molecule has 2 aromatic heterocycles. The number of hydrogen-bond donors (Lipinski definition) is 0. The molecule has 3 heterocycles. The lowest BCUT2D eigenvalue weighted by molar-refractivity contribution is 0.584. The van der Waals surface area contributed by atoms with Gasteiger partial charge in [-0.15, -0.1) is 11.3 Å². The highest BCUT2D eigenvalue weighted by molar-refractivity contribution is 7.94. The average molecular weight is 497 g/mol. The molecule has 5 rings (SSSR count). The van der Waals surface area contributed by atoms with Crippen LogP contribution in [-0.4, -0.2) is 39.1 Å². The summed E-state index contributed by atoms with van der Waals surface area (Å²) >= 11 is 1.40. The first kappa shape index (κ1) is 21.5. The predicted octanol–water partition coefficient (Wildman–Crippen LogP) is 3.52. The van der Waals surface area contributed by atoms with Crippen LogP contribution in [0.25, 0.3) is 21.3 Å². The van der Waals surface area contributed by atoms with Crippen molar-refractivity contribution in [1.82, 2.24) is 9.97 Å². The summed E-state index contributed by atoms with van der Waals surface area (Å²) < 4.78 is 54.5. The van der Waals surface area contributed by atoms with Gasteiger partial charge < -0.3 is 0 Å². The van der Waals surface area contributed by atoms with Gasteiger partial charge in [-0.1, -0.05) is 6.07 Å². The summed E-state index contributed by atoms with van der Waals surface area (Å²) in [6.07, 6.45) is 1.50. The van der Waals surface area contributed by atoms with Crippen molar-refractivity contribution in [2.45, 2.75) is 16.7 Å². The Labute approximate surface area is 194 Å². The summed E-state index contributed by atoms with van der Waals surface area (Å²) in [5.74, 6) is -0.307. The standard InChI is InChI=1S/C22H16N4O4S3/c1-14-25-19-6-5-18(11-21(19)31-14)33(29,30)26-8-9-32(27,28)22-7-3-15(10-20(22)26)16-2-4-17(12-23)24-13-16/h2-7,10-11,13H,8-9H2,1H3. The summed E-state index contributed by atoms with van der Waals surface area (Å²) in [4.78, 5) is 8.46. The molecular weight excluding hydrogens is 480 g/mol. The van der Waals surface area contributed by atoms with E-state index in [9.17, 15) is 16.8 Å². The Bertz CT molecular complexity index is 1670. The van der Waals surface area contributed by atoms with Gasteiger partial charge in [-0.2, -0.15) is 5.26 Å². The zero-order valence-electron chi connectivity index (χ0n) is 17.3.